The van der Waals surface area contributed by atoms with Gasteiger partial charge in [0.15, 0.2) is 9.84 Å². The molecule has 0 bridgehead atoms. The summed E-state index contributed by atoms with van der Waals surface area (Å²) < 4.78 is 29.2. The fraction of sp³-hybridized carbons (Fsp3) is 1.00. The summed E-state index contributed by atoms with van der Waals surface area (Å²) in [7, 11) is -3.29. The van der Waals surface area contributed by atoms with Gasteiger partial charge in [-0.1, -0.05) is 0 Å². The van der Waals surface area contributed by atoms with Crippen molar-refractivity contribution in [1.29, 1.82) is 0 Å². The number of hydrogen-bond acceptors (Lipinski definition) is 5. The molecule has 0 aromatic rings. The van der Waals surface area contributed by atoms with Crippen LogP contribution in [0.3, 0.4) is 0 Å². The van der Waals surface area contributed by atoms with Crippen molar-refractivity contribution in [3.63, 3.8) is 0 Å². The maximum atomic E-state index is 12.4. The van der Waals surface area contributed by atoms with Crippen molar-refractivity contribution >= 4 is 9.84 Å². The van der Waals surface area contributed by atoms with E-state index in [1.165, 1.54) is 0 Å². The van der Waals surface area contributed by atoms with Gasteiger partial charge in [0.2, 0.25) is 0 Å². The highest BCUT2D eigenvalue weighted by Gasteiger charge is 2.67. The third kappa shape index (κ3) is 1.90. The quantitative estimate of drug-likeness (QED) is 0.771. The van der Waals surface area contributed by atoms with E-state index >= 15 is 0 Å². The van der Waals surface area contributed by atoms with Crippen molar-refractivity contribution in [3.8, 4) is 0 Å². The summed E-state index contributed by atoms with van der Waals surface area (Å²) in [6, 6.07) is -0.133. The molecule has 0 aliphatic carbocycles. The third-order valence-electron chi connectivity index (χ3n) is 4.20. The number of aliphatic hydroxyl groups is 1. The largest absolute Gasteiger partial charge is 0.389 e. The fourth-order valence-electron chi connectivity index (χ4n) is 3.21. The number of ether oxygens (including phenoxy) is 1. The summed E-state index contributed by atoms with van der Waals surface area (Å²) in [4.78, 5) is 2.15. The lowest BCUT2D eigenvalue weighted by Gasteiger charge is -2.58. The summed E-state index contributed by atoms with van der Waals surface area (Å²) in [6.45, 7) is 9.40. The molecule has 2 saturated heterocycles. The molecule has 2 aliphatic heterocycles. The van der Waals surface area contributed by atoms with Crippen molar-refractivity contribution in [2.75, 3.05) is 26.3 Å². The van der Waals surface area contributed by atoms with Gasteiger partial charge < -0.3 is 9.84 Å². The molecule has 0 amide bonds. The minimum atomic E-state index is -3.29. The normalized spacial score (nSPS) is 36.1. The summed E-state index contributed by atoms with van der Waals surface area (Å²) in [5, 5.41) is 9.46. The maximum absolute atomic E-state index is 12.4. The van der Waals surface area contributed by atoms with Gasteiger partial charge in [0.05, 0.1) is 23.6 Å². The molecule has 2 aliphatic rings. The van der Waals surface area contributed by atoms with Crippen LogP contribution >= 0.6 is 0 Å². The van der Waals surface area contributed by atoms with Crippen LogP contribution < -0.4 is 0 Å². The van der Waals surface area contributed by atoms with Crippen molar-refractivity contribution in [1.82, 2.24) is 4.90 Å². The lowest BCUT2D eigenvalue weighted by atomic mass is 9.87. The first-order chi connectivity index (χ1) is 8.10. The fourth-order valence-corrected chi connectivity index (χ4v) is 5.87. The van der Waals surface area contributed by atoms with E-state index in [1.807, 2.05) is 0 Å². The van der Waals surface area contributed by atoms with Gasteiger partial charge in [-0.2, -0.15) is 0 Å². The minimum Gasteiger partial charge on any atom is -0.389 e. The monoisotopic (exact) mass is 277 g/mol. The van der Waals surface area contributed by atoms with E-state index in [0.29, 0.717) is 13.2 Å². The Hall–Kier alpha value is -0.170. The van der Waals surface area contributed by atoms with Crippen molar-refractivity contribution in [3.05, 3.63) is 0 Å². The van der Waals surface area contributed by atoms with E-state index in [0.717, 1.165) is 13.1 Å². The van der Waals surface area contributed by atoms with Crippen LogP contribution in [-0.4, -0.2) is 66.4 Å². The maximum Gasteiger partial charge on any atom is 0.164 e. The molecule has 2 atom stereocenters. The topological polar surface area (TPSA) is 66.8 Å². The average Bonchev–Trinajstić information content (AvgIpc) is 2.24. The van der Waals surface area contributed by atoms with Crippen LogP contribution in [0.15, 0.2) is 0 Å². The van der Waals surface area contributed by atoms with Crippen LogP contribution in [0.5, 0.6) is 0 Å². The molecule has 0 saturated carbocycles. The molecule has 0 spiro atoms. The number of morpholine rings is 1. The predicted octanol–water partition coefficient (Wildman–Crippen LogP) is 0.0337. The van der Waals surface area contributed by atoms with Crippen molar-refractivity contribution in [2.45, 2.75) is 49.3 Å². The lowest BCUT2D eigenvalue weighted by Crippen LogP contribution is -2.78. The van der Waals surface area contributed by atoms with Crippen LogP contribution in [0.25, 0.3) is 0 Å². The first-order valence-corrected chi connectivity index (χ1v) is 7.92. The average molecular weight is 277 g/mol. The molecular formula is C12H23NO4S. The van der Waals surface area contributed by atoms with Gasteiger partial charge in [-0.05, 0) is 27.7 Å². The predicted molar refractivity (Wildman–Crippen MR) is 69.3 cm³/mol. The molecule has 2 heterocycles. The standard InChI is InChI=1S/C12H23NO4S/c1-11(2,14)10-9(12(3,4)18(10,15)16)13-5-7-17-8-6-13/h9-10,14H,5-8H2,1-4H3/t9-,10+/m0/s1. The lowest BCUT2D eigenvalue weighted by molar-refractivity contribution is -0.0317. The summed E-state index contributed by atoms with van der Waals surface area (Å²) in [5.74, 6) is 0. The molecule has 6 heteroatoms. The summed E-state index contributed by atoms with van der Waals surface area (Å²) in [5.41, 5.74) is -1.21. The Bertz CT molecular complexity index is 418. The Kier molecular flexibility index (Phi) is 3.29. The van der Waals surface area contributed by atoms with E-state index in [1.54, 1.807) is 27.7 Å². The van der Waals surface area contributed by atoms with Crippen LogP contribution in [-0.2, 0) is 14.6 Å². The van der Waals surface area contributed by atoms with Gasteiger partial charge in [-0.3, -0.25) is 4.90 Å². The highest BCUT2D eigenvalue weighted by Crippen LogP contribution is 2.47. The Morgan fingerprint density at radius 3 is 2.22 bits per heavy atom. The molecule has 106 valence electrons. The highest BCUT2D eigenvalue weighted by atomic mass is 32.2. The van der Waals surface area contributed by atoms with Crippen molar-refractivity contribution < 1.29 is 18.3 Å². The van der Waals surface area contributed by atoms with E-state index in [2.05, 4.69) is 4.90 Å². The Morgan fingerprint density at radius 1 is 1.28 bits per heavy atom. The Morgan fingerprint density at radius 2 is 1.78 bits per heavy atom. The molecule has 0 aromatic carbocycles. The Balaban J connectivity index is 2.32. The molecule has 1 N–H and O–H groups in total. The second-order valence-corrected chi connectivity index (χ2v) is 8.97. The van der Waals surface area contributed by atoms with Crippen molar-refractivity contribution in [2.24, 2.45) is 0 Å². The molecule has 2 fully saturated rings. The molecule has 18 heavy (non-hydrogen) atoms. The van der Waals surface area contributed by atoms with Crippen LogP contribution in [0.2, 0.25) is 0 Å². The van der Waals surface area contributed by atoms with Crippen LogP contribution in [0.4, 0.5) is 0 Å². The minimum absolute atomic E-state index is 0.133. The van der Waals surface area contributed by atoms with E-state index < -0.39 is 25.4 Å². The number of rotatable bonds is 2. The van der Waals surface area contributed by atoms with Gasteiger partial charge in [-0.15, -0.1) is 0 Å². The van der Waals surface area contributed by atoms with Gasteiger partial charge >= 0.3 is 0 Å². The van der Waals surface area contributed by atoms with Crippen LogP contribution in [0.1, 0.15) is 27.7 Å². The third-order valence-corrected chi connectivity index (χ3v) is 7.41. The van der Waals surface area contributed by atoms with Gasteiger partial charge in [0.1, 0.15) is 5.25 Å². The molecule has 0 aromatic heterocycles. The second-order valence-electron chi connectivity index (χ2n) is 6.32. The SMILES string of the molecule is CC(C)(O)[C@H]1[C@H](N2CCOCC2)C(C)(C)S1(=O)=O. The highest BCUT2D eigenvalue weighted by molar-refractivity contribution is 7.95. The van der Waals surface area contributed by atoms with E-state index in [-0.39, 0.29) is 6.04 Å². The van der Waals surface area contributed by atoms with E-state index in [4.69, 9.17) is 4.74 Å². The molecule has 0 radical (unpaired) electrons. The Labute approximate surface area is 109 Å². The molecular weight excluding hydrogens is 254 g/mol. The van der Waals surface area contributed by atoms with Gasteiger partial charge in [0, 0.05) is 19.1 Å². The number of nitrogens with zero attached hydrogens (tertiary/aromatic N) is 1. The molecule has 2 rings (SSSR count). The van der Waals surface area contributed by atoms with Gasteiger partial charge in [-0.25, -0.2) is 8.42 Å². The molecule has 5 nitrogen and oxygen atoms in total. The number of sulfone groups is 1. The number of hydrogen-bond donors (Lipinski definition) is 1. The zero-order chi connectivity index (χ0) is 13.8. The smallest absolute Gasteiger partial charge is 0.164 e. The summed E-state index contributed by atoms with van der Waals surface area (Å²) in [6.07, 6.45) is 0. The second kappa shape index (κ2) is 4.16. The van der Waals surface area contributed by atoms with E-state index in [9.17, 15) is 13.5 Å². The summed E-state index contributed by atoms with van der Waals surface area (Å²) >= 11 is 0. The first-order valence-electron chi connectivity index (χ1n) is 6.38. The molecule has 0 unspecified atom stereocenters. The zero-order valence-electron chi connectivity index (χ0n) is 11.5. The zero-order valence-corrected chi connectivity index (χ0v) is 12.3. The first kappa shape index (κ1) is 14.2. The van der Waals surface area contributed by atoms with Gasteiger partial charge in [0.25, 0.3) is 0 Å². The van der Waals surface area contributed by atoms with Crippen LogP contribution in [0, 0.1) is 0 Å².